The molecule has 0 amide bonds. The molecule has 1 atom stereocenters. The van der Waals surface area contributed by atoms with Gasteiger partial charge in [0, 0.05) is 11.8 Å². The van der Waals surface area contributed by atoms with Crippen LogP contribution >= 0.6 is 15.9 Å². The third-order valence-corrected chi connectivity index (χ3v) is 3.24. The maximum atomic E-state index is 12.3. The van der Waals surface area contributed by atoms with E-state index in [-0.39, 0.29) is 10.8 Å². The molecule has 0 radical (unpaired) electrons. The molecule has 2 aliphatic rings. The van der Waals surface area contributed by atoms with Gasteiger partial charge in [-0.05, 0) is 45.8 Å². The molecule has 21 heavy (non-hydrogen) atoms. The number of nitrogens with zero attached hydrogens (tertiary/aromatic N) is 2. The Labute approximate surface area is 126 Å². The van der Waals surface area contributed by atoms with E-state index in [0.29, 0.717) is 17.0 Å². The number of amidine groups is 1. The second-order valence-corrected chi connectivity index (χ2v) is 5.15. The van der Waals surface area contributed by atoms with Gasteiger partial charge in [0.15, 0.2) is 10.9 Å². The van der Waals surface area contributed by atoms with Crippen molar-refractivity contribution in [3.63, 3.8) is 0 Å². The Morgan fingerprint density at radius 1 is 1.33 bits per heavy atom. The Kier molecular flexibility index (Phi) is 3.50. The van der Waals surface area contributed by atoms with Crippen LogP contribution in [0.15, 0.2) is 47.6 Å². The zero-order chi connectivity index (χ0) is 15.0. The van der Waals surface area contributed by atoms with Gasteiger partial charge in [0.25, 0.3) is 0 Å². The third kappa shape index (κ3) is 3.11. The highest BCUT2D eigenvalue weighted by Gasteiger charge is 2.31. The van der Waals surface area contributed by atoms with E-state index < -0.39 is 6.36 Å². The fraction of sp³-hybridized carbons (Fsp3) is 0.154. The van der Waals surface area contributed by atoms with Gasteiger partial charge in [-0.15, -0.1) is 13.2 Å². The van der Waals surface area contributed by atoms with Crippen molar-refractivity contribution in [2.45, 2.75) is 11.4 Å². The fourth-order valence-corrected chi connectivity index (χ4v) is 2.49. The van der Waals surface area contributed by atoms with Crippen molar-refractivity contribution in [2.24, 2.45) is 4.99 Å². The van der Waals surface area contributed by atoms with E-state index in [9.17, 15) is 13.2 Å². The average molecular weight is 360 g/mol. The number of nitrogens with one attached hydrogen (secondary N) is 1. The lowest BCUT2D eigenvalue weighted by atomic mass is 10.0. The molecule has 0 aromatic heterocycles. The standard InChI is InChI=1S/C13H9BrF3N3O/c14-12-18-11-10(5-2-6-20(11)19-12)8-3-1-4-9(7-8)21-13(15,16)17/h1-7,12,19H. The van der Waals surface area contributed by atoms with E-state index >= 15 is 0 Å². The summed E-state index contributed by atoms with van der Waals surface area (Å²) in [4.78, 5) is 4.34. The van der Waals surface area contributed by atoms with Crippen LogP contribution in [0.1, 0.15) is 5.56 Å². The van der Waals surface area contributed by atoms with Crippen LogP contribution in [0.2, 0.25) is 0 Å². The Morgan fingerprint density at radius 2 is 2.14 bits per heavy atom. The van der Waals surface area contributed by atoms with Crippen LogP contribution < -0.4 is 10.2 Å². The number of aliphatic imine (C=N–C) groups is 1. The molecular formula is C13H9BrF3N3O. The van der Waals surface area contributed by atoms with Crippen molar-refractivity contribution >= 4 is 27.3 Å². The van der Waals surface area contributed by atoms with E-state index in [1.54, 1.807) is 29.4 Å². The summed E-state index contributed by atoms with van der Waals surface area (Å²) in [5.41, 5.74) is 4.31. The molecular weight excluding hydrogens is 351 g/mol. The van der Waals surface area contributed by atoms with Crippen molar-refractivity contribution in [1.82, 2.24) is 10.4 Å². The van der Waals surface area contributed by atoms with Crippen molar-refractivity contribution in [3.05, 3.63) is 48.2 Å². The van der Waals surface area contributed by atoms with Crippen LogP contribution in [0.5, 0.6) is 5.75 Å². The minimum atomic E-state index is -4.71. The first kappa shape index (κ1) is 14.2. The summed E-state index contributed by atoms with van der Waals surface area (Å²) in [6, 6.07) is 5.81. The van der Waals surface area contributed by atoms with Crippen molar-refractivity contribution < 1.29 is 17.9 Å². The normalized spacial score (nSPS) is 21.0. The Morgan fingerprint density at radius 3 is 2.90 bits per heavy atom. The van der Waals surface area contributed by atoms with Crippen LogP contribution in [-0.2, 0) is 0 Å². The number of fused-ring (bicyclic) bond motifs is 1. The molecule has 1 unspecified atom stereocenters. The highest BCUT2D eigenvalue weighted by atomic mass is 79.9. The van der Waals surface area contributed by atoms with Gasteiger partial charge in [0.2, 0.25) is 0 Å². The molecule has 2 aliphatic heterocycles. The van der Waals surface area contributed by atoms with E-state index in [1.165, 1.54) is 18.2 Å². The van der Waals surface area contributed by atoms with Gasteiger partial charge in [-0.1, -0.05) is 12.1 Å². The lowest BCUT2D eigenvalue weighted by Crippen LogP contribution is -2.35. The molecule has 1 N–H and O–H groups in total. The van der Waals surface area contributed by atoms with Gasteiger partial charge in [0.05, 0.1) is 0 Å². The van der Waals surface area contributed by atoms with E-state index in [4.69, 9.17) is 0 Å². The number of hydrazine groups is 1. The number of hydrogen-bond acceptors (Lipinski definition) is 4. The molecule has 0 saturated carbocycles. The molecule has 110 valence electrons. The second-order valence-electron chi connectivity index (χ2n) is 4.29. The Bertz CT molecular complexity index is 654. The molecule has 0 saturated heterocycles. The maximum Gasteiger partial charge on any atom is 0.573 e. The summed E-state index contributed by atoms with van der Waals surface area (Å²) in [7, 11) is 0. The summed E-state index contributed by atoms with van der Waals surface area (Å²) in [6.07, 6.45) is 0.636. The average Bonchev–Trinajstić information content (AvgIpc) is 2.76. The molecule has 0 fully saturated rings. The minimum Gasteiger partial charge on any atom is -0.406 e. The lowest BCUT2D eigenvalue weighted by molar-refractivity contribution is -0.274. The van der Waals surface area contributed by atoms with Gasteiger partial charge < -0.3 is 4.74 Å². The molecule has 0 bridgehead atoms. The SMILES string of the molecule is FC(F)(F)Oc1cccc(C2=CC=CN3NC(Br)N=C23)c1. The molecule has 1 aromatic rings. The van der Waals surface area contributed by atoms with E-state index in [0.717, 1.165) is 0 Å². The van der Waals surface area contributed by atoms with Crippen LogP contribution in [0.4, 0.5) is 13.2 Å². The molecule has 2 heterocycles. The van der Waals surface area contributed by atoms with Crippen molar-refractivity contribution in [3.8, 4) is 5.75 Å². The summed E-state index contributed by atoms with van der Waals surface area (Å²) in [6.45, 7) is 0. The largest absolute Gasteiger partial charge is 0.573 e. The highest BCUT2D eigenvalue weighted by molar-refractivity contribution is 9.09. The first-order valence-electron chi connectivity index (χ1n) is 5.95. The topological polar surface area (TPSA) is 36.9 Å². The van der Waals surface area contributed by atoms with E-state index in [2.05, 4.69) is 31.1 Å². The summed E-state index contributed by atoms with van der Waals surface area (Å²) in [5, 5.41) is 1.43. The zero-order valence-corrected chi connectivity index (χ0v) is 12.0. The van der Waals surface area contributed by atoms with Gasteiger partial charge in [0.1, 0.15) is 5.75 Å². The number of halogens is 4. The highest BCUT2D eigenvalue weighted by Crippen LogP contribution is 2.30. The first-order valence-corrected chi connectivity index (χ1v) is 6.86. The molecule has 0 spiro atoms. The van der Waals surface area contributed by atoms with Gasteiger partial charge in [-0.25, -0.2) is 4.99 Å². The zero-order valence-electron chi connectivity index (χ0n) is 10.4. The van der Waals surface area contributed by atoms with Gasteiger partial charge >= 0.3 is 6.36 Å². The molecule has 8 heteroatoms. The summed E-state index contributed by atoms with van der Waals surface area (Å²) in [5.74, 6) is 0.368. The third-order valence-electron chi connectivity index (χ3n) is 2.83. The monoisotopic (exact) mass is 359 g/mol. The number of allylic oxidation sites excluding steroid dienone is 2. The minimum absolute atomic E-state index is 0.260. The first-order chi connectivity index (χ1) is 9.92. The van der Waals surface area contributed by atoms with Gasteiger partial charge in [-0.3, -0.25) is 5.01 Å². The predicted molar refractivity (Wildman–Crippen MR) is 75.4 cm³/mol. The summed E-state index contributed by atoms with van der Waals surface area (Å²) >= 11 is 3.31. The van der Waals surface area contributed by atoms with E-state index in [1.807, 2.05) is 0 Å². The number of benzene rings is 1. The summed E-state index contributed by atoms with van der Waals surface area (Å²) < 4.78 is 40.8. The van der Waals surface area contributed by atoms with Gasteiger partial charge in [-0.2, -0.15) is 5.43 Å². The fourth-order valence-electron chi connectivity index (χ4n) is 2.07. The van der Waals surface area contributed by atoms with Crippen molar-refractivity contribution in [2.75, 3.05) is 0 Å². The number of alkyl halides is 4. The Balaban J connectivity index is 1.94. The Hall–Kier alpha value is -1.80. The number of hydrogen-bond donors (Lipinski definition) is 1. The van der Waals surface area contributed by atoms with Crippen LogP contribution in [0, 0.1) is 0 Å². The van der Waals surface area contributed by atoms with Crippen LogP contribution in [-0.4, -0.2) is 22.3 Å². The quantitative estimate of drug-likeness (QED) is 0.649. The molecule has 1 aromatic carbocycles. The lowest BCUT2D eigenvalue weighted by Gasteiger charge is -2.21. The smallest absolute Gasteiger partial charge is 0.406 e. The molecule has 0 aliphatic carbocycles. The molecule has 4 nitrogen and oxygen atoms in total. The number of ether oxygens (including phenoxy) is 1. The van der Waals surface area contributed by atoms with Crippen molar-refractivity contribution in [1.29, 1.82) is 0 Å². The predicted octanol–water partition coefficient (Wildman–Crippen LogP) is 3.39. The number of rotatable bonds is 2. The maximum absolute atomic E-state index is 12.3. The van der Waals surface area contributed by atoms with Crippen LogP contribution in [0.3, 0.4) is 0 Å². The molecule has 3 rings (SSSR count). The van der Waals surface area contributed by atoms with Crippen LogP contribution in [0.25, 0.3) is 5.57 Å². The second kappa shape index (κ2) is 5.19.